The number of aryl methyl sites for hydroxylation is 1. The Balaban J connectivity index is 2.10. The first-order valence-corrected chi connectivity index (χ1v) is 7.10. The Bertz CT molecular complexity index is 683. The number of thioether (sulfide) groups is 1. The van der Waals surface area contributed by atoms with Gasteiger partial charge in [-0.2, -0.15) is 0 Å². The summed E-state index contributed by atoms with van der Waals surface area (Å²) in [5.41, 5.74) is 4.49. The standard InChI is InChI=1S/C15H14N2S/c1-10-4-3-5-13-14(10)17-15(16-13)11-6-8-12(18-2)9-7-11/h3-9H,1-2H3,(H,16,17). The molecule has 3 aromatic rings. The fraction of sp³-hybridized carbons (Fsp3) is 0.133. The highest BCUT2D eigenvalue weighted by Gasteiger charge is 2.06. The van der Waals surface area contributed by atoms with E-state index in [2.05, 4.69) is 65.6 Å². The Morgan fingerprint density at radius 2 is 1.83 bits per heavy atom. The highest BCUT2D eigenvalue weighted by Crippen LogP contribution is 2.24. The number of rotatable bonds is 2. The molecule has 0 aliphatic heterocycles. The minimum atomic E-state index is 0.937. The van der Waals surface area contributed by atoms with Crippen molar-refractivity contribution >= 4 is 22.8 Å². The van der Waals surface area contributed by atoms with E-state index in [1.807, 2.05) is 0 Å². The maximum atomic E-state index is 4.68. The SMILES string of the molecule is CSc1ccc(-c2nc3c(C)cccc3[nH]2)cc1. The van der Waals surface area contributed by atoms with Gasteiger partial charge in [-0.25, -0.2) is 4.98 Å². The topological polar surface area (TPSA) is 28.7 Å². The summed E-state index contributed by atoms with van der Waals surface area (Å²) in [5.74, 6) is 0.937. The van der Waals surface area contributed by atoms with Crippen LogP contribution in [-0.4, -0.2) is 16.2 Å². The van der Waals surface area contributed by atoms with Gasteiger partial charge in [-0.05, 0) is 36.9 Å². The summed E-state index contributed by atoms with van der Waals surface area (Å²) in [6.07, 6.45) is 2.08. The van der Waals surface area contributed by atoms with Gasteiger partial charge in [0.25, 0.3) is 0 Å². The van der Waals surface area contributed by atoms with Crippen LogP contribution in [0.15, 0.2) is 47.4 Å². The number of nitrogens with zero attached hydrogens (tertiary/aromatic N) is 1. The lowest BCUT2D eigenvalue weighted by Crippen LogP contribution is -1.80. The molecule has 0 unspecified atom stereocenters. The number of fused-ring (bicyclic) bond motifs is 1. The van der Waals surface area contributed by atoms with Crippen LogP contribution >= 0.6 is 11.8 Å². The number of aromatic nitrogens is 2. The summed E-state index contributed by atoms with van der Waals surface area (Å²) < 4.78 is 0. The highest BCUT2D eigenvalue weighted by atomic mass is 32.2. The number of nitrogens with one attached hydrogen (secondary N) is 1. The lowest BCUT2D eigenvalue weighted by atomic mass is 10.2. The molecule has 1 N–H and O–H groups in total. The molecule has 0 saturated heterocycles. The zero-order valence-corrected chi connectivity index (χ0v) is 11.2. The maximum absolute atomic E-state index is 4.68. The smallest absolute Gasteiger partial charge is 0.138 e. The van der Waals surface area contributed by atoms with E-state index in [1.54, 1.807) is 11.8 Å². The Hall–Kier alpha value is -1.74. The van der Waals surface area contributed by atoms with Crippen LogP contribution in [0, 0.1) is 6.92 Å². The zero-order chi connectivity index (χ0) is 12.5. The molecule has 0 bridgehead atoms. The first kappa shape index (κ1) is 11.4. The molecule has 0 fully saturated rings. The molecule has 90 valence electrons. The van der Waals surface area contributed by atoms with E-state index in [1.165, 1.54) is 10.5 Å². The van der Waals surface area contributed by atoms with Gasteiger partial charge >= 0.3 is 0 Å². The highest BCUT2D eigenvalue weighted by molar-refractivity contribution is 7.98. The summed E-state index contributed by atoms with van der Waals surface area (Å²) in [5, 5.41) is 0. The van der Waals surface area contributed by atoms with Gasteiger partial charge in [-0.3, -0.25) is 0 Å². The Labute approximate surface area is 110 Å². The van der Waals surface area contributed by atoms with Gasteiger partial charge in [-0.15, -0.1) is 11.8 Å². The van der Waals surface area contributed by atoms with E-state index in [-0.39, 0.29) is 0 Å². The molecule has 1 aromatic heterocycles. The second kappa shape index (κ2) is 4.50. The second-order valence-electron chi connectivity index (χ2n) is 4.28. The minimum Gasteiger partial charge on any atom is -0.338 e. The fourth-order valence-corrected chi connectivity index (χ4v) is 2.47. The van der Waals surface area contributed by atoms with Crippen LogP contribution in [0.2, 0.25) is 0 Å². The van der Waals surface area contributed by atoms with E-state index < -0.39 is 0 Å². The third kappa shape index (κ3) is 1.91. The van der Waals surface area contributed by atoms with Gasteiger partial charge in [0.2, 0.25) is 0 Å². The quantitative estimate of drug-likeness (QED) is 0.692. The molecule has 3 heteroatoms. The Morgan fingerprint density at radius 1 is 1.06 bits per heavy atom. The van der Waals surface area contributed by atoms with Gasteiger partial charge in [-0.1, -0.05) is 24.3 Å². The van der Waals surface area contributed by atoms with Crippen LogP contribution < -0.4 is 0 Å². The lowest BCUT2D eigenvalue weighted by Gasteiger charge is -1.98. The molecule has 0 saturated carbocycles. The minimum absolute atomic E-state index is 0.937. The molecule has 3 rings (SSSR count). The van der Waals surface area contributed by atoms with Crippen molar-refractivity contribution in [2.75, 3.05) is 6.26 Å². The van der Waals surface area contributed by atoms with Crippen LogP contribution in [-0.2, 0) is 0 Å². The molecule has 0 amide bonds. The van der Waals surface area contributed by atoms with Crippen molar-refractivity contribution in [3.63, 3.8) is 0 Å². The van der Waals surface area contributed by atoms with Crippen molar-refractivity contribution in [1.82, 2.24) is 9.97 Å². The van der Waals surface area contributed by atoms with E-state index in [4.69, 9.17) is 0 Å². The summed E-state index contributed by atoms with van der Waals surface area (Å²) in [7, 11) is 0. The Kier molecular flexibility index (Phi) is 2.84. The summed E-state index contributed by atoms with van der Waals surface area (Å²) >= 11 is 1.75. The molecular weight excluding hydrogens is 240 g/mol. The van der Waals surface area contributed by atoms with Crippen molar-refractivity contribution in [2.45, 2.75) is 11.8 Å². The number of hydrogen-bond acceptors (Lipinski definition) is 2. The molecule has 0 aliphatic rings. The predicted molar refractivity (Wildman–Crippen MR) is 78.0 cm³/mol. The summed E-state index contributed by atoms with van der Waals surface area (Å²) in [4.78, 5) is 9.32. The second-order valence-corrected chi connectivity index (χ2v) is 5.16. The number of aromatic amines is 1. The van der Waals surface area contributed by atoms with E-state index in [0.717, 1.165) is 22.4 Å². The van der Waals surface area contributed by atoms with Gasteiger partial charge in [0, 0.05) is 10.5 Å². The normalized spacial score (nSPS) is 11.0. The summed E-state index contributed by atoms with van der Waals surface area (Å²) in [6, 6.07) is 14.7. The van der Waals surface area contributed by atoms with Crippen LogP contribution in [0.4, 0.5) is 0 Å². The maximum Gasteiger partial charge on any atom is 0.138 e. The molecule has 18 heavy (non-hydrogen) atoms. The molecule has 2 nitrogen and oxygen atoms in total. The van der Waals surface area contributed by atoms with Gasteiger partial charge in [0.15, 0.2) is 0 Å². The van der Waals surface area contributed by atoms with Crippen molar-refractivity contribution in [3.8, 4) is 11.4 Å². The first-order chi connectivity index (χ1) is 8.78. The van der Waals surface area contributed by atoms with Crippen molar-refractivity contribution in [1.29, 1.82) is 0 Å². The average Bonchev–Trinajstić information content (AvgIpc) is 2.84. The van der Waals surface area contributed by atoms with Crippen molar-refractivity contribution in [3.05, 3.63) is 48.0 Å². The van der Waals surface area contributed by atoms with Gasteiger partial charge in [0.05, 0.1) is 11.0 Å². The average molecular weight is 254 g/mol. The predicted octanol–water partition coefficient (Wildman–Crippen LogP) is 4.26. The van der Waals surface area contributed by atoms with Crippen LogP contribution in [0.5, 0.6) is 0 Å². The molecular formula is C15H14N2S. The van der Waals surface area contributed by atoms with E-state index in [0.29, 0.717) is 0 Å². The number of imidazole rings is 1. The fourth-order valence-electron chi connectivity index (χ4n) is 2.06. The lowest BCUT2D eigenvalue weighted by molar-refractivity contribution is 1.32. The molecule has 0 atom stereocenters. The zero-order valence-electron chi connectivity index (χ0n) is 10.4. The molecule has 0 radical (unpaired) electrons. The first-order valence-electron chi connectivity index (χ1n) is 5.87. The van der Waals surface area contributed by atoms with Gasteiger partial charge < -0.3 is 4.98 Å². The number of benzene rings is 2. The number of para-hydroxylation sites is 1. The van der Waals surface area contributed by atoms with Crippen molar-refractivity contribution in [2.24, 2.45) is 0 Å². The van der Waals surface area contributed by atoms with Crippen LogP contribution in [0.1, 0.15) is 5.56 Å². The van der Waals surface area contributed by atoms with Crippen LogP contribution in [0.3, 0.4) is 0 Å². The largest absolute Gasteiger partial charge is 0.338 e. The van der Waals surface area contributed by atoms with Crippen molar-refractivity contribution < 1.29 is 0 Å². The molecule has 0 spiro atoms. The molecule has 0 aliphatic carbocycles. The monoisotopic (exact) mass is 254 g/mol. The van der Waals surface area contributed by atoms with Crippen LogP contribution in [0.25, 0.3) is 22.4 Å². The molecule has 1 heterocycles. The third-order valence-corrected chi connectivity index (χ3v) is 3.82. The molecule has 2 aromatic carbocycles. The summed E-state index contributed by atoms with van der Waals surface area (Å²) in [6.45, 7) is 2.09. The van der Waals surface area contributed by atoms with Gasteiger partial charge in [0.1, 0.15) is 5.82 Å². The Morgan fingerprint density at radius 3 is 2.50 bits per heavy atom. The van der Waals surface area contributed by atoms with E-state index >= 15 is 0 Å². The number of H-pyrrole nitrogens is 1. The number of hydrogen-bond donors (Lipinski definition) is 1. The van der Waals surface area contributed by atoms with E-state index in [9.17, 15) is 0 Å². The third-order valence-electron chi connectivity index (χ3n) is 3.08.